The zero-order chi connectivity index (χ0) is 14.9. The van der Waals surface area contributed by atoms with Gasteiger partial charge >= 0.3 is 5.69 Å². The maximum Gasteiger partial charge on any atom is 0.329 e. The van der Waals surface area contributed by atoms with Crippen LogP contribution < -0.4 is 11.1 Å². The number of nitrogens with zero attached hydrogens (tertiary/aromatic N) is 3. The van der Waals surface area contributed by atoms with Crippen molar-refractivity contribution in [3.8, 4) is 0 Å². The summed E-state index contributed by atoms with van der Waals surface area (Å²) in [5.74, 6) is -2.55. The van der Waals surface area contributed by atoms with Gasteiger partial charge in [0.15, 0.2) is 11.6 Å². The molecule has 1 heterocycles. The standard InChI is InChI=1S/C10H6BrF2N5O2/c11-4-1-5(12)8(6(13)2-4)16-9-7(18(19)20)3-15-10(14)17-9/h1-3H,(H3,14,15,16,17). The molecule has 104 valence electrons. The van der Waals surface area contributed by atoms with Crippen molar-refractivity contribution in [3.63, 3.8) is 0 Å². The maximum absolute atomic E-state index is 13.7. The number of nitrogens with two attached hydrogens (primary N) is 1. The molecule has 0 saturated carbocycles. The molecule has 0 saturated heterocycles. The van der Waals surface area contributed by atoms with Crippen molar-refractivity contribution in [3.05, 3.63) is 44.6 Å². The van der Waals surface area contributed by atoms with Crippen LogP contribution in [0.1, 0.15) is 0 Å². The molecule has 0 aliphatic heterocycles. The summed E-state index contributed by atoms with van der Waals surface area (Å²) in [6.45, 7) is 0. The van der Waals surface area contributed by atoms with E-state index in [0.717, 1.165) is 18.3 Å². The monoisotopic (exact) mass is 345 g/mol. The minimum absolute atomic E-state index is 0.190. The quantitative estimate of drug-likeness (QED) is 0.654. The van der Waals surface area contributed by atoms with Crippen LogP contribution in [0, 0.1) is 21.7 Å². The van der Waals surface area contributed by atoms with Gasteiger partial charge in [-0.3, -0.25) is 10.1 Å². The van der Waals surface area contributed by atoms with E-state index in [9.17, 15) is 18.9 Å². The van der Waals surface area contributed by atoms with Gasteiger partial charge in [0, 0.05) is 4.47 Å². The van der Waals surface area contributed by atoms with Gasteiger partial charge in [0.25, 0.3) is 0 Å². The van der Waals surface area contributed by atoms with E-state index in [-0.39, 0.29) is 10.4 Å². The zero-order valence-corrected chi connectivity index (χ0v) is 11.2. The van der Waals surface area contributed by atoms with Gasteiger partial charge in [-0.15, -0.1) is 0 Å². The molecule has 3 N–H and O–H groups in total. The van der Waals surface area contributed by atoms with Crippen LogP contribution in [0.5, 0.6) is 0 Å². The Kier molecular flexibility index (Phi) is 3.74. The van der Waals surface area contributed by atoms with Gasteiger partial charge in [-0.1, -0.05) is 15.9 Å². The van der Waals surface area contributed by atoms with Crippen molar-refractivity contribution < 1.29 is 13.7 Å². The van der Waals surface area contributed by atoms with Gasteiger partial charge in [-0.25, -0.2) is 13.8 Å². The third-order valence-electron chi connectivity index (χ3n) is 2.24. The summed E-state index contributed by atoms with van der Waals surface area (Å²) >= 11 is 2.92. The second-order valence-corrected chi connectivity index (χ2v) is 4.50. The highest BCUT2D eigenvalue weighted by Crippen LogP contribution is 2.30. The third kappa shape index (κ3) is 2.79. The topological polar surface area (TPSA) is 107 Å². The number of nitrogens with one attached hydrogen (secondary N) is 1. The van der Waals surface area contributed by atoms with E-state index < -0.39 is 33.8 Å². The van der Waals surface area contributed by atoms with Gasteiger partial charge in [-0.2, -0.15) is 4.98 Å². The van der Waals surface area contributed by atoms with Crippen LogP contribution in [-0.2, 0) is 0 Å². The minimum atomic E-state index is -0.941. The number of halogens is 3. The van der Waals surface area contributed by atoms with E-state index in [2.05, 4.69) is 31.2 Å². The molecule has 2 rings (SSSR count). The van der Waals surface area contributed by atoms with Crippen LogP contribution in [0.3, 0.4) is 0 Å². The molecule has 20 heavy (non-hydrogen) atoms. The Balaban J connectivity index is 2.50. The number of hydrogen-bond acceptors (Lipinski definition) is 6. The highest BCUT2D eigenvalue weighted by molar-refractivity contribution is 9.10. The molecule has 10 heteroatoms. The number of nitrogen functional groups attached to an aromatic ring is 1. The smallest absolute Gasteiger partial charge is 0.329 e. The van der Waals surface area contributed by atoms with E-state index in [1.54, 1.807) is 0 Å². The van der Waals surface area contributed by atoms with Crippen molar-refractivity contribution in [1.82, 2.24) is 9.97 Å². The van der Waals surface area contributed by atoms with Crippen LogP contribution in [0.4, 0.5) is 31.9 Å². The normalized spacial score (nSPS) is 10.3. The molecule has 0 fully saturated rings. The molecular formula is C10H6BrF2N5O2. The first kappa shape index (κ1) is 14.1. The summed E-state index contributed by atoms with van der Waals surface area (Å²) in [4.78, 5) is 17.0. The Morgan fingerprint density at radius 1 is 1.35 bits per heavy atom. The predicted molar refractivity (Wildman–Crippen MR) is 70.4 cm³/mol. The Hall–Kier alpha value is -2.36. The molecule has 0 radical (unpaired) electrons. The molecule has 7 nitrogen and oxygen atoms in total. The first-order chi connectivity index (χ1) is 9.38. The predicted octanol–water partition coefficient (Wildman–Crippen LogP) is 2.75. The fraction of sp³-hybridized carbons (Fsp3) is 0. The van der Waals surface area contributed by atoms with Crippen LogP contribution >= 0.6 is 15.9 Å². The van der Waals surface area contributed by atoms with Gasteiger partial charge in [0.1, 0.15) is 11.9 Å². The average Bonchev–Trinajstić information content (AvgIpc) is 2.33. The molecule has 0 bridgehead atoms. The SMILES string of the molecule is Nc1ncc([N+](=O)[O-])c(Nc2c(F)cc(Br)cc2F)n1. The number of aromatic nitrogens is 2. The van der Waals surface area contributed by atoms with Crippen molar-refractivity contribution in [2.24, 2.45) is 0 Å². The maximum atomic E-state index is 13.7. The molecule has 0 amide bonds. The fourth-order valence-corrected chi connectivity index (χ4v) is 1.80. The van der Waals surface area contributed by atoms with E-state index in [1.165, 1.54) is 0 Å². The molecule has 0 unspecified atom stereocenters. The van der Waals surface area contributed by atoms with E-state index in [1.807, 2.05) is 0 Å². The summed E-state index contributed by atoms with van der Waals surface area (Å²) in [5.41, 5.74) is 4.17. The second-order valence-electron chi connectivity index (χ2n) is 3.59. The Morgan fingerprint density at radius 2 is 1.95 bits per heavy atom. The number of benzene rings is 1. The second kappa shape index (κ2) is 5.33. The summed E-state index contributed by atoms with van der Waals surface area (Å²) < 4.78 is 27.5. The average molecular weight is 346 g/mol. The van der Waals surface area contributed by atoms with Crippen molar-refractivity contribution in [2.45, 2.75) is 0 Å². The van der Waals surface area contributed by atoms with E-state index in [0.29, 0.717) is 0 Å². The largest absolute Gasteiger partial charge is 0.368 e. The van der Waals surface area contributed by atoms with Crippen molar-refractivity contribution in [2.75, 3.05) is 11.1 Å². The van der Waals surface area contributed by atoms with Crippen LogP contribution in [0.25, 0.3) is 0 Å². The first-order valence-corrected chi connectivity index (χ1v) is 5.86. The third-order valence-corrected chi connectivity index (χ3v) is 2.69. The van der Waals surface area contributed by atoms with Gasteiger partial charge in [0.2, 0.25) is 11.8 Å². The molecule has 0 aliphatic rings. The van der Waals surface area contributed by atoms with Crippen LogP contribution in [-0.4, -0.2) is 14.9 Å². The number of nitro groups is 1. The molecule has 1 aromatic heterocycles. The van der Waals surface area contributed by atoms with Crippen LogP contribution in [0.2, 0.25) is 0 Å². The first-order valence-electron chi connectivity index (χ1n) is 5.07. The Morgan fingerprint density at radius 3 is 2.50 bits per heavy atom. The molecule has 0 atom stereocenters. The summed E-state index contributed by atoms with van der Waals surface area (Å²) in [6.07, 6.45) is 0.847. The lowest BCUT2D eigenvalue weighted by Gasteiger charge is -2.09. The summed E-state index contributed by atoms with van der Waals surface area (Å²) in [7, 11) is 0. The highest BCUT2D eigenvalue weighted by atomic mass is 79.9. The highest BCUT2D eigenvalue weighted by Gasteiger charge is 2.20. The number of anilines is 3. The van der Waals surface area contributed by atoms with Gasteiger partial charge in [0.05, 0.1) is 4.92 Å². The minimum Gasteiger partial charge on any atom is -0.368 e. The zero-order valence-electron chi connectivity index (χ0n) is 9.60. The lowest BCUT2D eigenvalue weighted by atomic mass is 10.3. The number of hydrogen-bond donors (Lipinski definition) is 2. The molecular weight excluding hydrogens is 340 g/mol. The Labute approximate surface area is 119 Å². The molecule has 2 aromatic rings. The number of rotatable bonds is 3. The van der Waals surface area contributed by atoms with Gasteiger partial charge < -0.3 is 11.1 Å². The fourth-order valence-electron chi connectivity index (χ4n) is 1.39. The Bertz CT molecular complexity index is 674. The summed E-state index contributed by atoms with van der Waals surface area (Å²) in [6, 6.07) is 2.00. The van der Waals surface area contributed by atoms with E-state index >= 15 is 0 Å². The molecule has 1 aromatic carbocycles. The van der Waals surface area contributed by atoms with E-state index in [4.69, 9.17) is 5.73 Å². The van der Waals surface area contributed by atoms with Crippen molar-refractivity contribution in [1.29, 1.82) is 0 Å². The van der Waals surface area contributed by atoms with Crippen molar-refractivity contribution >= 4 is 39.1 Å². The van der Waals surface area contributed by atoms with Crippen LogP contribution in [0.15, 0.2) is 22.8 Å². The molecule has 0 spiro atoms. The lowest BCUT2D eigenvalue weighted by Crippen LogP contribution is -2.06. The lowest BCUT2D eigenvalue weighted by molar-refractivity contribution is -0.384. The van der Waals surface area contributed by atoms with Gasteiger partial charge in [-0.05, 0) is 12.1 Å². The summed E-state index contributed by atoms with van der Waals surface area (Å²) in [5, 5.41) is 13.0. The molecule has 0 aliphatic carbocycles.